The van der Waals surface area contributed by atoms with Gasteiger partial charge in [-0.05, 0) is 25.0 Å². The minimum absolute atomic E-state index is 0.0564. The van der Waals surface area contributed by atoms with Gasteiger partial charge in [0.25, 0.3) is 0 Å². The molecule has 1 aromatic rings. The van der Waals surface area contributed by atoms with Crippen LogP contribution in [0.4, 0.5) is 19.0 Å². The Hall–Kier alpha value is -1.83. The van der Waals surface area contributed by atoms with E-state index in [0.717, 1.165) is 25.1 Å². The predicted molar refractivity (Wildman–Crippen MR) is 85.5 cm³/mol. The molecule has 0 bridgehead atoms. The van der Waals surface area contributed by atoms with Crippen LogP contribution in [-0.4, -0.2) is 48.0 Å². The number of nitrogens with two attached hydrogens (primary N) is 1. The minimum Gasteiger partial charge on any atom is -0.355 e. The van der Waals surface area contributed by atoms with Crippen molar-refractivity contribution in [2.45, 2.75) is 38.4 Å². The van der Waals surface area contributed by atoms with Gasteiger partial charge in [-0.1, -0.05) is 13.3 Å². The highest BCUT2D eigenvalue weighted by molar-refractivity contribution is 5.81. The number of halogens is 3. The molecule has 2 heterocycles. The fourth-order valence-corrected chi connectivity index (χ4v) is 2.78. The van der Waals surface area contributed by atoms with Crippen LogP contribution >= 0.6 is 0 Å². The monoisotopic (exact) mass is 344 g/mol. The van der Waals surface area contributed by atoms with E-state index >= 15 is 0 Å². The molecule has 24 heavy (non-hydrogen) atoms. The van der Waals surface area contributed by atoms with Crippen LogP contribution in [0.1, 0.15) is 31.7 Å². The number of amides is 1. The normalized spacial score (nSPS) is 17.5. The van der Waals surface area contributed by atoms with Crippen molar-refractivity contribution in [1.82, 2.24) is 9.88 Å². The summed E-state index contributed by atoms with van der Waals surface area (Å²) >= 11 is 0. The lowest BCUT2D eigenvalue weighted by Gasteiger charge is -2.25. The highest BCUT2D eigenvalue weighted by atomic mass is 19.4. The van der Waals surface area contributed by atoms with Crippen molar-refractivity contribution < 1.29 is 18.0 Å². The number of rotatable bonds is 4. The Morgan fingerprint density at radius 2 is 2.04 bits per heavy atom. The van der Waals surface area contributed by atoms with E-state index in [1.165, 1.54) is 6.07 Å². The Labute approximate surface area is 139 Å². The van der Waals surface area contributed by atoms with Crippen LogP contribution in [0.2, 0.25) is 0 Å². The highest BCUT2D eigenvalue weighted by Gasteiger charge is 2.31. The third-order valence-corrected chi connectivity index (χ3v) is 4.12. The molecule has 0 spiro atoms. The van der Waals surface area contributed by atoms with Crippen molar-refractivity contribution in [3.05, 3.63) is 23.9 Å². The zero-order valence-corrected chi connectivity index (χ0v) is 13.7. The van der Waals surface area contributed by atoms with E-state index in [1.807, 2.05) is 11.8 Å². The molecule has 0 aromatic carbocycles. The molecular weight excluding hydrogens is 321 g/mol. The molecule has 1 aromatic heterocycles. The molecule has 8 heteroatoms. The van der Waals surface area contributed by atoms with Gasteiger partial charge < -0.3 is 15.5 Å². The van der Waals surface area contributed by atoms with E-state index < -0.39 is 17.8 Å². The lowest BCUT2D eigenvalue weighted by molar-refractivity contribution is -0.137. The second-order valence-corrected chi connectivity index (χ2v) is 5.96. The Bertz CT molecular complexity index is 547. The molecule has 2 rings (SSSR count). The lowest BCUT2D eigenvalue weighted by atomic mass is 10.1. The molecule has 0 saturated carbocycles. The van der Waals surface area contributed by atoms with Gasteiger partial charge in [-0.2, -0.15) is 13.2 Å². The molecule has 0 radical (unpaired) electrons. The van der Waals surface area contributed by atoms with Gasteiger partial charge in [0.05, 0.1) is 11.6 Å². The van der Waals surface area contributed by atoms with Crippen molar-refractivity contribution in [2.75, 3.05) is 31.1 Å². The van der Waals surface area contributed by atoms with E-state index in [0.29, 0.717) is 38.4 Å². The molecule has 1 atom stereocenters. The summed E-state index contributed by atoms with van der Waals surface area (Å²) < 4.78 is 37.8. The Morgan fingerprint density at radius 3 is 2.62 bits per heavy atom. The zero-order chi connectivity index (χ0) is 17.7. The maximum absolute atomic E-state index is 12.6. The third-order valence-electron chi connectivity index (χ3n) is 4.12. The molecule has 1 fully saturated rings. The number of anilines is 1. The van der Waals surface area contributed by atoms with Crippen molar-refractivity contribution in [3.63, 3.8) is 0 Å². The smallest absolute Gasteiger partial charge is 0.355 e. The quantitative estimate of drug-likeness (QED) is 0.910. The first kappa shape index (κ1) is 18.5. The van der Waals surface area contributed by atoms with Gasteiger partial charge in [0.1, 0.15) is 5.82 Å². The number of nitrogens with zero attached hydrogens (tertiary/aromatic N) is 3. The minimum atomic E-state index is -4.39. The second-order valence-electron chi connectivity index (χ2n) is 5.96. The number of hydrogen-bond acceptors (Lipinski definition) is 4. The van der Waals surface area contributed by atoms with Gasteiger partial charge in [-0.3, -0.25) is 4.79 Å². The van der Waals surface area contributed by atoms with Crippen molar-refractivity contribution in [2.24, 2.45) is 5.73 Å². The molecule has 134 valence electrons. The van der Waals surface area contributed by atoms with Gasteiger partial charge in [0.2, 0.25) is 5.91 Å². The summed E-state index contributed by atoms with van der Waals surface area (Å²) in [6, 6.07) is 1.93. The number of carbonyl (C=O) groups is 1. The van der Waals surface area contributed by atoms with Gasteiger partial charge in [-0.25, -0.2) is 4.98 Å². The maximum atomic E-state index is 12.6. The van der Waals surface area contributed by atoms with Crippen LogP contribution in [0.5, 0.6) is 0 Å². The lowest BCUT2D eigenvalue weighted by Crippen LogP contribution is -2.45. The fourth-order valence-electron chi connectivity index (χ4n) is 2.78. The maximum Gasteiger partial charge on any atom is 0.417 e. The summed E-state index contributed by atoms with van der Waals surface area (Å²) in [5.74, 6) is 0.439. The summed E-state index contributed by atoms with van der Waals surface area (Å²) in [6.07, 6.45) is -1.31. The SMILES string of the molecule is CCCC(N)C(=O)N1CCCN(c2ccc(C(F)(F)F)cn2)CC1. The van der Waals surface area contributed by atoms with Gasteiger partial charge in [0, 0.05) is 32.4 Å². The molecular formula is C16H23F3N4O. The van der Waals surface area contributed by atoms with Crippen LogP contribution in [0, 0.1) is 0 Å². The van der Waals surface area contributed by atoms with Crippen LogP contribution < -0.4 is 10.6 Å². The second kappa shape index (κ2) is 7.83. The average molecular weight is 344 g/mol. The molecule has 2 N–H and O–H groups in total. The molecule has 5 nitrogen and oxygen atoms in total. The topological polar surface area (TPSA) is 62.5 Å². The van der Waals surface area contributed by atoms with Crippen LogP contribution in [0.15, 0.2) is 18.3 Å². The van der Waals surface area contributed by atoms with Crippen molar-refractivity contribution in [1.29, 1.82) is 0 Å². The van der Waals surface area contributed by atoms with E-state index in [2.05, 4.69) is 4.98 Å². The Kier molecular flexibility index (Phi) is 6.04. The van der Waals surface area contributed by atoms with E-state index in [-0.39, 0.29) is 5.91 Å². The summed E-state index contributed by atoms with van der Waals surface area (Å²) in [7, 11) is 0. The van der Waals surface area contributed by atoms with E-state index in [4.69, 9.17) is 5.73 Å². The van der Waals surface area contributed by atoms with Crippen LogP contribution in [-0.2, 0) is 11.0 Å². The molecule has 1 aliphatic rings. The number of aromatic nitrogens is 1. The van der Waals surface area contributed by atoms with Gasteiger partial charge in [0.15, 0.2) is 0 Å². The van der Waals surface area contributed by atoms with Crippen molar-refractivity contribution >= 4 is 11.7 Å². The van der Waals surface area contributed by atoms with Crippen LogP contribution in [0.3, 0.4) is 0 Å². The molecule has 1 amide bonds. The highest BCUT2D eigenvalue weighted by Crippen LogP contribution is 2.29. The molecule has 1 aliphatic heterocycles. The number of carbonyl (C=O) groups excluding carboxylic acids is 1. The largest absolute Gasteiger partial charge is 0.417 e. The molecule has 1 saturated heterocycles. The van der Waals surface area contributed by atoms with E-state index in [9.17, 15) is 18.0 Å². The Morgan fingerprint density at radius 1 is 1.29 bits per heavy atom. The van der Waals surface area contributed by atoms with Gasteiger partial charge in [-0.15, -0.1) is 0 Å². The number of pyridine rings is 1. The average Bonchev–Trinajstić information content (AvgIpc) is 2.79. The van der Waals surface area contributed by atoms with Crippen molar-refractivity contribution in [3.8, 4) is 0 Å². The standard InChI is InChI=1S/C16H23F3N4O/c1-2-4-13(20)15(24)23-8-3-7-22(9-10-23)14-6-5-12(11-21-14)16(17,18)19/h5-6,11,13H,2-4,7-10,20H2,1H3. The predicted octanol–water partition coefficient (Wildman–Crippen LogP) is 2.27. The Balaban J connectivity index is 1.99. The summed E-state index contributed by atoms with van der Waals surface area (Å²) in [5, 5.41) is 0. The zero-order valence-electron chi connectivity index (χ0n) is 13.7. The summed E-state index contributed by atoms with van der Waals surface area (Å²) in [4.78, 5) is 19.8. The molecule has 1 unspecified atom stereocenters. The molecule has 0 aliphatic carbocycles. The third kappa shape index (κ3) is 4.59. The number of hydrogen-bond donors (Lipinski definition) is 1. The van der Waals surface area contributed by atoms with Crippen LogP contribution in [0.25, 0.3) is 0 Å². The summed E-state index contributed by atoms with van der Waals surface area (Å²) in [6.45, 7) is 4.26. The van der Waals surface area contributed by atoms with Gasteiger partial charge >= 0.3 is 6.18 Å². The number of alkyl halides is 3. The first-order valence-electron chi connectivity index (χ1n) is 8.15. The van der Waals surface area contributed by atoms with E-state index in [1.54, 1.807) is 4.90 Å². The first-order chi connectivity index (χ1) is 11.3. The fraction of sp³-hybridized carbons (Fsp3) is 0.625. The first-order valence-corrected chi connectivity index (χ1v) is 8.15. The summed E-state index contributed by atoms with van der Waals surface area (Å²) in [5.41, 5.74) is 5.13.